The SMILES string of the molecule is O=C(CN1CCC(C(=O)N2CCCCCC2)CC1)NC(=O)Nc1ccc2c(c1)OCO2. The first kappa shape index (κ1) is 21.4. The highest BCUT2D eigenvalue weighted by Gasteiger charge is 2.29. The molecule has 1 aromatic carbocycles. The van der Waals surface area contributed by atoms with Gasteiger partial charge in [0, 0.05) is 30.8 Å². The first-order valence-corrected chi connectivity index (χ1v) is 11.1. The van der Waals surface area contributed by atoms with E-state index >= 15 is 0 Å². The van der Waals surface area contributed by atoms with E-state index < -0.39 is 6.03 Å². The largest absolute Gasteiger partial charge is 0.454 e. The molecule has 0 bridgehead atoms. The number of fused-ring (bicyclic) bond motifs is 1. The number of rotatable bonds is 4. The molecule has 31 heavy (non-hydrogen) atoms. The predicted octanol–water partition coefficient (Wildman–Crippen LogP) is 2.18. The molecule has 3 heterocycles. The minimum Gasteiger partial charge on any atom is -0.454 e. The Morgan fingerprint density at radius 3 is 2.39 bits per heavy atom. The van der Waals surface area contributed by atoms with Crippen LogP contribution in [0.25, 0.3) is 0 Å². The summed E-state index contributed by atoms with van der Waals surface area (Å²) in [6.45, 7) is 3.41. The molecule has 0 unspecified atom stereocenters. The number of carbonyl (C=O) groups excluding carboxylic acids is 3. The highest BCUT2D eigenvalue weighted by Crippen LogP contribution is 2.34. The fraction of sp³-hybridized carbons (Fsp3) is 0.591. The van der Waals surface area contributed by atoms with Gasteiger partial charge >= 0.3 is 6.03 Å². The molecule has 9 heteroatoms. The second kappa shape index (κ2) is 10.00. The van der Waals surface area contributed by atoms with Gasteiger partial charge < -0.3 is 19.7 Å². The third-order valence-electron chi connectivity index (χ3n) is 6.11. The molecule has 4 rings (SSSR count). The fourth-order valence-electron chi connectivity index (χ4n) is 4.39. The van der Waals surface area contributed by atoms with Crippen molar-refractivity contribution in [1.29, 1.82) is 0 Å². The van der Waals surface area contributed by atoms with Gasteiger partial charge in [-0.1, -0.05) is 12.8 Å². The molecule has 0 spiro atoms. The Bertz CT molecular complexity index is 814. The van der Waals surface area contributed by atoms with Crippen molar-refractivity contribution in [1.82, 2.24) is 15.1 Å². The summed E-state index contributed by atoms with van der Waals surface area (Å²) in [5.74, 6) is 1.14. The van der Waals surface area contributed by atoms with E-state index in [0.29, 0.717) is 30.3 Å². The van der Waals surface area contributed by atoms with Crippen LogP contribution >= 0.6 is 0 Å². The number of ether oxygens (including phenoxy) is 2. The van der Waals surface area contributed by atoms with Crippen molar-refractivity contribution in [2.24, 2.45) is 5.92 Å². The number of amides is 4. The van der Waals surface area contributed by atoms with Crippen LogP contribution in [-0.2, 0) is 9.59 Å². The lowest BCUT2D eigenvalue weighted by atomic mass is 9.95. The molecular weight excluding hydrogens is 400 g/mol. The maximum absolute atomic E-state index is 12.8. The Balaban J connectivity index is 1.18. The highest BCUT2D eigenvalue weighted by atomic mass is 16.7. The lowest BCUT2D eigenvalue weighted by molar-refractivity contribution is -0.137. The van der Waals surface area contributed by atoms with Crippen LogP contribution < -0.4 is 20.1 Å². The van der Waals surface area contributed by atoms with Crippen LogP contribution in [0.2, 0.25) is 0 Å². The third-order valence-corrected chi connectivity index (χ3v) is 6.11. The number of carbonyl (C=O) groups is 3. The minimum absolute atomic E-state index is 0.0479. The molecule has 0 radical (unpaired) electrons. The van der Waals surface area contributed by atoms with E-state index in [1.807, 2.05) is 9.80 Å². The van der Waals surface area contributed by atoms with Gasteiger partial charge in [0.15, 0.2) is 11.5 Å². The van der Waals surface area contributed by atoms with Gasteiger partial charge in [0.1, 0.15) is 0 Å². The molecule has 9 nitrogen and oxygen atoms in total. The van der Waals surface area contributed by atoms with Crippen molar-refractivity contribution in [2.75, 3.05) is 44.8 Å². The zero-order valence-corrected chi connectivity index (χ0v) is 17.7. The van der Waals surface area contributed by atoms with Gasteiger partial charge in [-0.2, -0.15) is 0 Å². The first-order valence-electron chi connectivity index (χ1n) is 11.1. The van der Waals surface area contributed by atoms with Crippen LogP contribution in [0.1, 0.15) is 38.5 Å². The van der Waals surface area contributed by atoms with Gasteiger partial charge in [-0.3, -0.25) is 19.8 Å². The summed E-state index contributed by atoms with van der Waals surface area (Å²) in [5.41, 5.74) is 0.516. The van der Waals surface area contributed by atoms with E-state index in [1.54, 1.807) is 18.2 Å². The Labute approximate surface area is 182 Å². The number of nitrogens with zero attached hydrogens (tertiary/aromatic N) is 2. The van der Waals surface area contributed by atoms with Crippen LogP contribution in [0.4, 0.5) is 10.5 Å². The maximum Gasteiger partial charge on any atom is 0.325 e. The number of piperidine rings is 1. The number of anilines is 1. The maximum atomic E-state index is 12.8. The lowest BCUT2D eigenvalue weighted by Crippen LogP contribution is -2.47. The van der Waals surface area contributed by atoms with E-state index in [4.69, 9.17) is 9.47 Å². The molecule has 0 atom stereocenters. The van der Waals surface area contributed by atoms with Gasteiger partial charge in [-0.05, 0) is 50.9 Å². The van der Waals surface area contributed by atoms with Crippen molar-refractivity contribution in [2.45, 2.75) is 38.5 Å². The van der Waals surface area contributed by atoms with Gasteiger partial charge in [-0.15, -0.1) is 0 Å². The number of hydrogen-bond acceptors (Lipinski definition) is 6. The number of hydrogen-bond donors (Lipinski definition) is 2. The van der Waals surface area contributed by atoms with E-state index in [9.17, 15) is 14.4 Å². The zero-order valence-electron chi connectivity index (χ0n) is 17.7. The predicted molar refractivity (Wildman–Crippen MR) is 114 cm³/mol. The average Bonchev–Trinajstić information content (AvgIpc) is 3.05. The second-order valence-corrected chi connectivity index (χ2v) is 8.36. The van der Waals surface area contributed by atoms with Gasteiger partial charge in [-0.25, -0.2) is 4.79 Å². The van der Waals surface area contributed by atoms with Crippen molar-refractivity contribution in [3.8, 4) is 11.5 Å². The molecule has 2 fully saturated rings. The summed E-state index contributed by atoms with van der Waals surface area (Å²) in [6, 6.07) is 4.45. The Kier molecular flexibility index (Phi) is 6.91. The van der Waals surface area contributed by atoms with Gasteiger partial charge in [0.25, 0.3) is 0 Å². The summed E-state index contributed by atoms with van der Waals surface area (Å²) in [4.78, 5) is 41.2. The monoisotopic (exact) mass is 430 g/mol. The van der Waals surface area contributed by atoms with Crippen molar-refractivity contribution in [3.05, 3.63) is 18.2 Å². The summed E-state index contributed by atoms with van der Waals surface area (Å²) in [5, 5.41) is 4.99. The number of imide groups is 1. The van der Waals surface area contributed by atoms with Crippen molar-refractivity contribution >= 4 is 23.5 Å². The topological polar surface area (TPSA) is 100 Å². The number of benzene rings is 1. The minimum atomic E-state index is -0.588. The molecule has 168 valence electrons. The fourth-order valence-corrected chi connectivity index (χ4v) is 4.39. The normalized spacial score (nSPS) is 19.5. The van der Waals surface area contributed by atoms with Crippen LogP contribution in [0.15, 0.2) is 18.2 Å². The van der Waals surface area contributed by atoms with E-state index in [1.165, 1.54) is 12.8 Å². The third kappa shape index (κ3) is 5.66. The first-order chi connectivity index (χ1) is 15.1. The van der Waals surface area contributed by atoms with E-state index in [0.717, 1.165) is 38.8 Å². The molecule has 3 aliphatic rings. The quantitative estimate of drug-likeness (QED) is 0.760. The smallest absolute Gasteiger partial charge is 0.325 e. The number of urea groups is 1. The molecule has 3 aliphatic heterocycles. The van der Waals surface area contributed by atoms with Crippen molar-refractivity contribution in [3.63, 3.8) is 0 Å². The molecule has 4 amide bonds. The van der Waals surface area contributed by atoms with Crippen LogP contribution in [0.3, 0.4) is 0 Å². The number of nitrogens with one attached hydrogen (secondary N) is 2. The van der Waals surface area contributed by atoms with Gasteiger partial charge in [0.2, 0.25) is 18.6 Å². The Hall–Kier alpha value is -2.81. The highest BCUT2D eigenvalue weighted by molar-refractivity contribution is 6.01. The summed E-state index contributed by atoms with van der Waals surface area (Å²) in [7, 11) is 0. The molecular formula is C22H30N4O5. The van der Waals surface area contributed by atoms with Crippen LogP contribution in [-0.4, -0.2) is 67.2 Å². The Morgan fingerprint density at radius 1 is 0.935 bits per heavy atom. The van der Waals surface area contributed by atoms with Crippen molar-refractivity contribution < 1.29 is 23.9 Å². The molecule has 0 aliphatic carbocycles. The average molecular weight is 431 g/mol. The lowest BCUT2D eigenvalue weighted by Gasteiger charge is -2.33. The van der Waals surface area contributed by atoms with Crippen LogP contribution in [0.5, 0.6) is 11.5 Å². The molecule has 0 aromatic heterocycles. The number of likely N-dealkylation sites (tertiary alicyclic amines) is 2. The van der Waals surface area contributed by atoms with E-state index in [2.05, 4.69) is 10.6 Å². The Morgan fingerprint density at radius 2 is 1.65 bits per heavy atom. The van der Waals surface area contributed by atoms with E-state index in [-0.39, 0.29) is 31.1 Å². The van der Waals surface area contributed by atoms with Gasteiger partial charge in [0.05, 0.1) is 6.54 Å². The second-order valence-electron chi connectivity index (χ2n) is 8.36. The summed E-state index contributed by atoms with van der Waals surface area (Å²) in [6.07, 6.45) is 6.12. The summed E-state index contributed by atoms with van der Waals surface area (Å²) < 4.78 is 10.5. The summed E-state index contributed by atoms with van der Waals surface area (Å²) >= 11 is 0. The van der Waals surface area contributed by atoms with Crippen LogP contribution in [0, 0.1) is 5.92 Å². The molecule has 2 N–H and O–H groups in total. The standard InChI is InChI=1S/C22H30N4O5/c27-20(24-22(29)23-17-5-6-18-19(13-17)31-15-30-18)14-25-11-7-16(8-12-25)21(28)26-9-3-1-2-4-10-26/h5-6,13,16H,1-4,7-12,14-15H2,(H2,23,24,27,29). The zero-order chi connectivity index (χ0) is 21.6. The molecule has 2 saturated heterocycles. The molecule has 1 aromatic rings. The molecule has 0 saturated carbocycles.